The third-order valence-electron chi connectivity index (χ3n) is 3.57. The summed E-state index contributed by atoms with van der Waals surface area (Å²) < 4.78 is 0. The molecule has 0 spiro atoms. The van der Waals surface area contributed by atoms with Crippen LogP contribution in [-0.4, -0.2) is 29.1 Å². The predicted octanol–water partition coefficient (Wildman–Crippen LogP) is 1.62. The van der Waals surface area contributed by atoms with Crippen LogP contribution in [0.4, 0.5) is 11.4 Å². The van der Waals surface area contributed by atoms with Gasteiger partial charge in [0.15, 0.2) is 0 Å². The van der Waals surface area contributed by atoms with Crippen molar-refractivity contribution < 1.29 is 14.8 Å². The Morgan fingerprint density at radius 1 is 1.55 bits per heavy atom. The third kappa shape index (κ3) is 2.40. The van der Waals surface area contributed by atoms with Crippen molar-refractivity contribution in [2.24, 2.45) is 11.8 Å². The summed E-state index contributed by atoms with van der Waals surface area (Å²) in [5, 5.41) is 29.1. The van der Waals surface area contributed by atoms with E-state index in [1.165, 1.54) is 18.2 Å². The fourth-order valence-corrected chi connectivity index (χ4v) is 2.49. The summed E-state index contributed by atoms with van der Waals surface area (Å²) >= 11 is 0. The van der Waals surface area contributed by atoms with Gasteiger partial charge in [0.05, 0.1) is 22.5 Å². The summed E-state index contributed by atoms with van der Waals surface area (Å²) in [5.74, 6) is -1.56. The van der Waals surface area contributed by atoms with Crippen LogP contribution < -0.4 is 4.90 Å². The molecule has 0 aliphatic carbocycles. The number of nitro groups is 1. The van der Waals surface area contributed by atoms with Crippen molar-refractivity contribution in [3.63, 3.8) is 0 Å². The van der Waals surface area contributed by atoms with Crippen LogP contribution in [0.25, 0.3) is 0 Å². The van der Waals surface area contributed by atoms with E-state index in [0.717, 1.165) is 0 Å². The summed E-state index contributed by atoms with van der Waals surface area (Å²) in [6.07, 6.45) is 0. The van der Waals surface area contributed by atoms with Crippen LogP contribution >= 0.6 is 0 Å². The highest BCUT2D eigenvalue weighted by Gasteiger charge is 2.37. The lowest BCUT2D eigenvalue weighted by molar-refractivity contribution is -0.384. The number of aliphatic carboxylic acids is 1. The molecule has 1 N–H and O–H groups in total. The number of benzene rings is 1. The molecule has 0 bridgehead atoms. The molecule has 2 rings (SSSR count). The van der Waals surface area contributed by atoms with Gasteiger partial charge in [0.1, 0.15) is 5.69 Å². The van der Waals surface area contributed by atoms with E-state index in [9.17, 15) is 14.9 Å². The van der Waals surface area contributed by atoms with Gasteiger partial charge in [0, 0.05) is 19.2 Å². The fraction of sp³-hybridized carbons (Fsp3) is 0.385. The number of rotatable bonds is 3. The Morgan fingerprint density at radius 2 is 2.25 bits per heavy atom. The van der Waals surface area contributed by atoms with Gasteiger partial charge < -0.3 is 10.0 Å². The van der Waals surface area contributed by atoms with Gasteiger partial charge in [-0.15, -0.1) is 0 Å². The molecule has 7 heteroatoms. The lowest BCUT2D eigenvalue weighted by Crippen LogP contribution is -2.23. The Hall–Kier alpha value is -2.62. The van der Waals surface area contributed by atoms with Gasteiger partial charge in [-0.2, -0.15) is 5.26 Å². The maximum absolute atomic E-state index is 11.1. The molecule has 7 nitrogen and oxygen atoms in total. The van der Waals surface area contributed by atoms with E-state index in [4.69, 9.17) is 10.4 Å². The predicted molar refractivity (Wildman–Crippen MR) is 70.3 cm³/mol. The highest BCUT2D eigenvalue weighted by molar-refractivity contribution is 5.74. The van der Waals surface area contributed by atoms with Crippen LogP contribution in [0.3, 0.4) is 0 Å². The minimum absolute atomic E-state index is 0.0992. The molecule has 1 heterocycles. The van der Waals surface area contributed by atoms with Crippen LogP contribution in [0, 0.1) is 33.3 Å². The van der Waals surface area contributed by atoms with Gasteiger partial charge in [0.25, 0.3) is 5.69 Å². The Labute approximate surface area is 115 Å². The Balaban J connectivity index is 2.40. The van der Waals surface area contributed by atoms with Crippen molar-refractivity contribution >= 4 is 17.3 Å². The van der Waals surface area contributed by atoms with Crippen molar-refractivity contribution in [3.8, 4) is 6.07 Å². The van der Waals surface area contributed by atoms with Crippen molar-refractivity contribution in [2.45, 2.75) is 6.92 Å². The Morgan fingerprint density at radius 3 is 2.75 bits per heavy atom. The first-order valence-electron chi connectivity index (χ1n) is 6.10. The normalized spacial score (nSPS) is 21.5. The van der Waals surface area contributed by atoms with Gasteiger partial charge >= 0.3 is 5.97 Å². The average Bonchev–Trinajstić information content (AvgIpc) is 2.80. The van der Waals surface area contributed by atoms with Crippen molar-refractivity contribution in [2.75, 3.05) is 18.0 Å². The molecular weight excluding hydrogens is 262 g/mol. The molecule has 2 atom stereocenters. The van der Waals surface area contributed by atoms with E-state index in [0.29, 0.717) is 17.8 Å². The second-order valence-corrected chi connectivity index (χ2v) is 4.90. The van der Waals surface area contributed by atoms with E-state index in [1.807, 2.05) is 6.07 Å². The summed E-state index contributed by atoms with van der Waals surface area (Å²) in [5.41, 5.74) is 0.518. The fourth-order valence-electron chi connectivity index (χ4n) is 2.49. The number of anilines is 1. The zero-order valence-corrected chi connectivity index (χ0v) is 10.8. The van der Waals surface area contributed by atoms with E-state index >= 15 is 0 Å². The standard InChI is InChI=1S/C13H13N3O4/c1-8-6-15(7-10(8)13(17)18)12-4-9(5-14)2-3-11(12)16(19)20/h2-4,8,10H,6-7H2,1H3,(H,17,18)/t8-,10-/m1/s1. The maximum atomic E-state index is 11.1. The molecule has 0 saturated carbocycles. The minimum Gasteiger partial charge on any atom is -0.481 e. The quantitative estimate of drug-likeness (QED) is 0.663. The zero-order valence-electron chi connectivity index (χ0n) is 10.8. The van der Waals surface area contributed by atoms with Crippen LogP contribution in [0.15, 0.2) is 18.2 Å². The molecule has 1 aromatic rings. The molecule has 1 aliphatic heterocycles. The highest BCUT2D eigenvalue weighted by Crippen LogP contribution is 2.35. The summed E-state index contributed by atoms with van der Waals surface area (Å²) in [6.45, 7) is 2.44. The van der Waals surface area contributed by atoms with Crippen LogP contribution in [0.2, 0.25) is 0 Å². The molecular formula is C13H13N3O4. The van der Waals surface area contributed by atoms with Crippen molar-refractivity contribution in [1.82, 2.24) is 0 Å². The second-order valence-electron chi connectivity index (χ2n) is 4.90. The number of carboxylic acid groups (broad SMARTS) is 1. The molecule has 104 valence electrons. The zero-order chi connectivity index (χ0) is 14.9. The third-order valence-corrected chi connectivity index (χ3v) is 3.57. The SMILES string of the molecule is C[C@@H]1CN(c2cc(C#N)ccc2[N+](=O)[O-])C[C@H]1C(=O)O. The van der Waals surface area contributed by atoms with E-state index in [2.05, 4.69) is 0 Å². The van der Waals surface area contributed by atoms with Crippen LogP contribution in [0.5, 0.6) is 0 Å². The number of carbonyl (C=O) groups is 1. The van der Waals surface area contributed by atoms with Crippen LogP contribution in [-0.2, 0) is 4.79 Å². The number of hydrogen-bond acceptors (Lipinski definition) is 5. The van der Waals surface area contributed by atoms with Crippen LogP contribution in [0.1, 0.15) is 12.5 Å². The lowest BCUT2D eigenvalue weighted by Gasteiger charge is -2.18. The number of nitrogens with zero attached hydrogens (tertiary/aromatic N) is 3. The summed E-state index contributed by atoms with van der Waals surface area (Å²) in [6, 6.07) is 6.05. The molecule has 0 unspecified atom stereocenters. The van der Waals surface area contributed by atoms with E-state index in [1.54, 1.807) is 11.8 Å². The Bertz CT molecular complexity index is 608. The first-order chi connectivity index (χ1) is 9.43. The lowest BCUT2D eigenvalue weighted by atomic mass is 9.99. The van der Waals surface area contributed by atoms with Gasteiger partial charge in [0.2, 0.25) is 0 Å². The van der Waals surface area contributed by atoms with Crippen molar-refractivity contribution in [1.29, 1.82) is 5.26 Å². The molecule has 0 radical (unpaired) electrons. The molecule has 20 heavy (non-hydrogen) atoms. The first-order valence-corrected chi connectivity index (χ1v) is 6.10. The van der Waals surface area contributed by atoms with Gasteiger partial charge in [-0.25, -0.2) is 0 Å². The summed E-state index contributed by atoms with van der Waals surface area (Å²) in [7, 11) is 0. The number of hydrogen-bond donors (Lipinski definition) is 1. The van der Waals surface area contributed by atoms with Gasteiger partial charge in [-0.1, -0.05) is 6.92 Å². The van der Waals surface area contributed by atoms with Gasteiger partial charge in [-0.05, 0) is 18.1 Å². The first kappa shape index (κ1) is 13.8. The average molecular weight is 275 g/mol. The monoisotopic (exact) mass is 275 g/mol. The number of carboxylic acids is 1. The highest BCUT2D eigenvalue weighted by atomic mass is 16.6. The smallest absolute Gasteiger partial charge is 0.308 e. The topological polar surface area (TPSA) is 107 Å². The molecule has 1 fully saturated rings. The number of nitro benzene ring substituents is 1. The van der Waals surface area contributed by atoms with Crippen molar-refractivity contribution in [3.05, 3.63) is 33.9 Å². The van der Waals surface area contributed by atoms with Gasteiger partial charge in [-0.3, -0.25) is 14.9 Å². The Kier molecular flexibility index (Phi) is 3.57. The largest absolute Gasteiger partial charge is 0.481 e. The van der Waals surface area contributed by atoms with E-state index in [-0.39, 0.29) is 18.2 Å². The maximum Gasteiger partial charge on any atom is 0.308 e. The summed E-state index contributed by atoms with van der Waals surface area (Å²) in [4.78, 5) is 23.3. The molecule has 1 aromatic carbocycles. The molecule has 0 aromatic heterocycles. The molecule has 1 aliphatic rings. The van der Waals surface area contributed by atoms with E-state index < -0.39 is 16.8 Å². The second kappa shape index (κ2) is 5.17. The minimum atomic E-state index is -0.904. The number of nitriles is 1. The molecule has 0 amide bonds. The molecule has 1 saturated heterocycles.